The van der Waals surface area contributed by atoms with E-state index in [-0.39, 0.29) is 26.1 Å². The fourth-order valence-corrected chi connectivity index (χ4v) is 6.31. The van der Waals surface area contributed by atoms with Gasteiger partial charge in [0.05, 0.1) is 27.7 Å². The number of esters is 2. The lowest BCUT2D eigenvalue weighted by atomic mass is 10.0. The number of nitrogens with zero attached hydrogens (tertiary/aromatic N) is 1. The molecule has 0 saturated heterocycles. The molecule has 0 radical (unpaired) electrons. The van der Waals surface area contributed by atoms with Crippen molar-refractivity contribution < 1.29 is 42.1 Å². The molecule has 9 nitrogen and oxygen atoms in total. The molecule has 0 bridgehead atoms. The molecule has 0 saturated carbocycles. The second-order valence-corrected chi connectivity index (χ2v) is 16.8. The fourth-order valence-electron chi connectivity index (χ4n) is 5.58. The Labute approximate surface area is 331 Å². The number of hydrogen-bond acceptors (Lipinski definition) is 8. The SMILES string of the molecule is C=CCCCCCCCCCCCCCCCC(=O)OC[C@H](COP(=O)([O-])OCC[N+](C)(C)C)OC(=O)CCCC/C=C/C/C=C/C/C=C/CCCCC. The highest BCUT2D eigenvalue weighted by atomic mass is 31.2. The van der Waals surface area contributed by atoms with Gasteiger partial charge in [0.15, 0.2) is 6.10 Å². The minimum absolute atomic E-state index is 0.0397. The smallest absolute Gasteiger partial charge is 0.306 e. The Morgan fingerprint density at radius 2 is 1.09 bits per heavy atom. The van der Waals surface area contributed by atoms with Crippen LogP contribution < -0.4 is 4.89 Å². The van der Waals surface area contributed by atoms with Crippen LogP contribution in [0.15, 0.2) is 49.1 Å². The number of carbonyl (C=O) groups is 2. The molecule has 314 valence electrons. The molecule has 0 aliphatic carbocycles. The van der Waals surface area contributed by atoms with Gasteiger partial charge in [0.25, 0.3) is 7.82 Å². The van der Waals surface area contributed by atoms with E-state index >= 15 is 0 Å². The summed E-state index contributed by atoms with van der Waals surface area (Å²) >= 11 is 0. The van der Waals surface area contributed by atoms with Gasteiger partial charge in [0.1, 0.15) is 19.8 Å². The molecule has 0 aliphatic rings. The van der Waals surface area contributed by atoms with Crippen LogP contribution >= 0.6 is 7.82 Å². The Morgan fingerprint density at radius 3 is 1.63 bits per heavy atom. The van der Waals surface area contributed by atoms with Gasteiger partial charge in [-0.25, -0.2) is 0 Å². The van der Waals surface area contributed by atoms with Gasteiger partial charge >= 0.3 is 11.9 Å². The highest BCUT2D eigenvalue weighted by Gasteiger charge is 2.21. The van der Waals surface area contributed by atoms with E-state index in [4.69, 9.17) is 18.5 Å². The zero-order valence-corrected chi connectivity index (χ0v) is 35.9. The molecule has 0 fully saturated rings. The summed E-state index contributed by atoms with van der Waals surface area (Å²) in [5.41, 5.74) is 0. The van der Waals surface area contributed by atoms with Crippen molar-refractivity contribution in [3.63, 3.8) is 0 Å². The molecule has 2 atom stereocenters. The van der Waals surface area contributed by atoms with Crippen LogP contribution in [-0.4, -0.2) is 70.0 Å². The number of allylic oxidation sites excluding steroid dienone is 7. The lowest BCUT2D eigenvalue weighted by Crippen LogP contribution is -2.37. The van der Waals surface area contributed by atoms with Gasteiger partial charge in [-0.2, -0.15) is 0 Å². The van der Waals surface area contributed by atoms with E-state index in [0.29, 0.717) is 17.4 Å². The molecule has 0 aromatic carbocycles. The molecule has 1 unspecified atom stereocenters. The number of quaternary nitrogens is 1. The van der Waals surface area contributed by atoms with Crippen molar-refractivity contribution >= 4 is 19.8 Å². The predicted octanol–water partition coefficient (Wildman–Crippen LogP) is 11.3. The molecule has 0 spiro atoms. The van der Waals surface area contributed by atoms with E-state index in [1.165, 1.54) is 83.5 Å². The zero-order chi connectivity index (χ0) is 40.0. The maximum absolute atomic E-state index is 12.6. The summed E-state index contributed by atoms with van der Waals surface area (Å²) in [6.45, 7) is 5.66. The van der Waals surface area contributed by atoms with E-state index in [9.17, 15) is 19.0 Å². The summed E-state index contributed by atoms with van der Waals surface area (Å²) in [5, 5.41) is 0. The molecule has 0 aromatic heterocycles. The summed E-state index contributed by atoms with van der Waals surface area (Å²) in [6, 6.07) is 0. The van der Waals surface area contributed by atoms with Gasteiger partial charge in [-0.05, 0) is 64.2 Å². The van der Waals surface area contributed by atoms with Gasteiger partial charge in [0.2, 0.25) is 0 Å². The van der Waals surface area contributed by atoms with Gasteiger partial charge in [-0.15, -0.1) is 6.58 Å². The number of likely N-dealkylation sites (N-methyl/N-ethyl adjacent to an activating group) is 1. The molecule has 0 aliphatic heterocycles. The third-order valence-corrected chi connectivity index (χ3v) is 9.93. The van der Waals surface area contributed by atoms with Crippen LogP contribution in [0.2, 0.25) is 0 Å². The molecular formula is C44H80NO8P. The van der Waals surface area contributed by atoms with Crippen LogP contribution in [0.1, 0.15) is 167 Å². The highest BCUT2D eigenvalue weighted by Crippen LogP contribution is 2.38. The Hall–Kier alpha value is -2.03. The van der Waals surface area contributed by atoms with E-state index in [2.05, 4.69) is 50.0 Å². The maximum atomic E-state index is 12.6. The fraction of sp³-hybridized carbons (Fsp3) is 0.773. The molecule has 10 heteroatoms. The van der Waals surface area contributed by atoms with Gasteiger partial charge in [-0.3, -0.25) is 14.2 Å². The first-order valence-electron chi connectivity index (χ1n) is 21.3. The van der Waals surface area contributed by atoms with Crippen LogP contribution in [0, 0.1) is 0 Å². The van der Waals surface area contributed by atoms with Crippen molar-refractivity contribution in [3.05, 3.63) is 49.1 Å². The van der Waals surface area contributed by atoms with Crippen molar-refractivity contribution in [1.82, 2.24) is 0 Å². The average molecular weight is 782 g/mol. The zero-order valence-electron chi connectivity index (χ0n) is 35.0. The van der Waals surface area contributed by atoms with E-state index in [0.717, 1.165) is 57.8 Å². The van der Waals surface area contributed by atoms with Crippen molar-refractivity contribution in [2.75, 3.05) is 47.5 Å². The third-order valence-electron chi connectivity index (χ3n) is 8.97. The second-order valence-electron chi connectivity index (χ2n) is 15.4. The molecule has 54 heavy (non-hydrogen) atoms. The monoisotopic (exact) mass is 782 g/mol. The minimum Gasteiger partial charge on any atom is -0.756 e. The first kappa shape index (κ1) is 52.0. The topological polar surface area (TPSA) is 111 Å². The van der Waals surface area contributed by atoms with Crippen LogP contribution in [0.5, 0.6) is 0 Å². The predicted molar refractivity (Wildman–Crippen MR) is 222 cm³/mol. The lowest BCUT2D eigenvalue weighted by molar-refractivity contribution is -0.870. The average Bonchev–Trinajstić information content (AvgIpc) is 3.12. The first-order valence-corrected chi connectivity index (χ1v) is 22.8. The van der Waals surface area contributed by atoms with Crippen molar-refractivity contribution in [2.45, 2.75) is 174 Å². The molecular weight excluding hydrogens is 701 g/mol. The molecule has 0 amide bonds. The molecule has 0 heterocycles. The number of hydrogen-bond donors (Lipinski definition) is 0. The summed E-state index contributed by atoms with van der Waals surface area (Å²) in [6.07, 6.45) is 40.3. The summed E-state index contributed by atoms with van der Waals surface area (Å²) < 4.78 is 33.8. The first-order chi connectivity index (χ1) is 26.0. The van der Waals surface area contributed by atoms with Gasteiger partial charge < -0.3 is 27.9 Å². The van der Waals surface area contributed by atoms with Crippen molar-refractivity contribution in [2.24, 2.45) is 0 Å². The Morgan fingerprint density at radius 1 is 0.630 bits per heavy atom. The number of unbranched alkanes of at least 4 members (excludes halogenated alkanes) is 18. The number of carbonyl (C=O) groups excluding carboxylic acids is 2. The van der Waals surface area contributed by atoms with E-state index in [1.54, 1.807) is 0 Å². The normalized spacial score (nSPS) is 13.9. The molecule has 0 aromatic rings. The van der Waals surface area contributed by atoms with Crippen molar-refractivity contribution in [1.29, 1.82) is 0 Å². The summed E-state index contributed by atoms with van der Waals surface area (Å²) in [4.78, 5) is 37.5. The Bertz CT molecular complexity index is 1050. The minimum atomic E-state index is -4.63. The van der Waals surface area contributed by atoms with E-state index in [1.807, 2.05) is 27.2 Å². The Kier molecular flexibility index (Phi) is 35.2. The molecule has 0 rings (SSSR count). The summed E-state index contributed by atoms with van der Waals surface area (Å²) in [7, 11) is 1.13. The lowest BCUT2D eigenvalue weighted by Gasteiger charge is -2.28. The quantitative estimate of drug-likeness (QED) is 0.0199. The Balaban J connectivity index is 4.43. The number of phosphoric ester groups is 1. The molecule has 0 N–H and O–H groups in total. The highest BCUT2D eigenvalue weighted by molar-refractivity contribution is 7.45. The third kappa shape index (κ3) is 39.7. The van der Waals surface area contributed by atoms with Gasteiger partial charge in [-0.1, -0.05) is 133 Å². The van der Waals surface area contributed by atoms with Crippen LogP contribution in [0.25, 0.3) is 0 Å². The van der Waals surface area contributed by atoms with Crippen molar-refractivity contribution in [3.8, 4) is 0 Å². The largest absolute Gasteiger partial charge is 0.756 e. The van der Waals surface area contributed by atoms with Gasteiger partial charge in [0, 0.05) is 12.8 Å². The second kappa shape index (κ2) is 36.6. The number of ether oxygens (including phenoxy) is 2. The van der Waals surface area contributed by atoms with Crippen LogP contribution in [-0.2, 0) is 32.7 Å². The summed E-state index contributed by atoms with van der Waals surface area (Å²) in [5.74, 6) is -0.884. The maximum Gasteiger partial charge on any atom is 0.306 e. The number of phosphoric acid groups is 1. The van der Waals surface area contributed by atoms with Crippen LogP contribution in [0.3, 0.4) is 0 Å². The van der Waals surface area contributed by atoms with Crippen LogP contribution in [0.4, 0.5) is 0 Å². The number of rotatable bonds is 39. The van der Waals surface area contributed by atoms with E-state index < -0.39 is 32.5 Å². The standard InChI is InChI=1S/C44H80NO8P/c1-6-8-10-12-14-16-18-20-22-24-26-28-30-32-34-36-43(46)50-40-42(41-52-54(48,49)51-39-38-45(3,4)5)53-44(47)37-35-33-31-29-27-25-23-21-19-17-15-13-11-9-7-2/h6,15,17,21,23,27,29,42H,1,7-14,16,18-20,22,24-26,28,30-41H2,2-5H3/b17-15+,23-21+,29-27+/t42-/m1/s1.